The van der Waals surface area contributed by atoms with Crippen LogP contribution in [-0.2, 0) is 16.1 Å². The van der Waals surface area contributed by atoms with E-state index in [0.29, 0.717) is 25.1 Å². The second kappa shape index (κ2) is 9.01. The molecule has 3 rings (SSSR count). The summed E-state index contributed by atoms with van der Waals surface area (Å²) in [5, 5.41) is 2.35. The number of hydrogen-bond acceptors (Lipinski definition) is 5. The van der Waals surface area contributed by atoms with Gasteiger partial charge in [0, 0.05) is 49.4 Å². The average Bonchev–Trinajstić information content (AvgIpc) is 3.01. The number of carbonyl (C=O) groups is 3. The van der Waals surface area contributed by atoms with E-state index in [2.05, 4.69) is 17.1 Å². The Morgan fingerprint density at radius 3 is 2.82 bits per heavy atom. The van der Waals surface area contributed by atoms with E-state index in [1.54, 1.807) is 4.90 Å². The van der Waals surface area contributed by atoms with Crippen LogP contribution in [0, 0.1) is 0 Å². The monoisotopic (exact) mass is 384 g/mol. The number of hydrogen-bond donors (Lipinski definition) is 2. The van der Waals surface area contributed by atoms with Crippen molar-refractivity contribution in [3.63, 3.8) is 0 Å². The van der Waals surface area contributed by atoms with E-state index in [1.165, 1.54) is 0 Å². The number of rotatable bonds is 8. The first-order valence-corrected chi connectivity index (χ1v) is 9.93. The van der Waals surface area contributed by atoms with Crippen LogP contribution in [0.2, 0.25) is 0 Å². The number of benzene rings is 1. The summed E-state index contributed by atoms with van der Waals surface area (Å²) >= 11 is 0. The van der Waals surface area contributed by atoms with E-state index in [1.807, 2.05) is 30.4 Å². The second-order valence-electron chi connectivity index (χ2n) is 7.21. The van der Waals surface area contributed by atoms with Crippen molar-refractivity contribution in [2.45, 2.75) is 45.2 Å². The SMILES string of the molecule is CCCCN(C/C=C\CN)c1cccc2c1CN(C1CCC(=O)NC1=O)C2=O. The van der Waals surface area contributed by atoms with Crippen molar-refractivity contribution in [3.05, 3.63) is 41.5 Å². The van der Waals surface area contributed by atoms with Gasteiger partial charge in [-0.05, 0) is 25.0 Å². The average molecular weight is 384 g/mol. The minimum absolute atomic E-state index is 0.140. The van der Waals surface area contributed by atoms with Gasteiger partial charge in [-0.15, -0.1) is 0 Å². The summed E-state index contributed by atoms with van der Waals surface area (Å²) in [6.07, 6.45) is 6.74. The van der Waals surface area contributed by atoms with Gasteiger partial charge in [-0.25, -0.2) is 0 Å². The third kappa shape index (κ3) is 4.09. The minimum atomic E-state index is -0.591. The first kappa shape index (κ1) is 20.1. The van der Waals surface area contributed by atoms with Crippen LogP contribution in [0.1, 0.15) is 48.5 Å². The van der Waals surface area contributed by atoms with Crippen LogP contribution in [-0.4, -0.2) is 48.3 Å². The number of nitrogens with one attached hydrogen (secondary N) is 1. The van der Waals surface area contributed by atoms with Crippen molar-refractivity contribution in [3.8, 4) is 0 Å². The molecular weight excluding hydrogens is 356 g/mol. The normalized spacial score (nSPS) is 19.3. The summed E-state index contributed by atoms with van der Waals surface area (Å²) in [6.45, 7) is 4.64. The van der Waals surface area contributed by atoms with Gasteiger partial charge in [0.2, 0.25) is 11.8 Å². The second-order valence-corrected chi connectivity index (χ2v) is 7.21. The van der Waals surface area contributed by atoms with Gasteiger partial charge in [0.25, 0.3) is 5.91 Å². The summed E-state index contributed by atoms with van der Waals surface area (Å²) in [7, 11) is 0. The largest absolute Gasteiger partial charge is 0.368 e. The van der Waals surface area contributed by atoms with Crippen molar-refractivity contribution in [2.75, 3.05) is 24.5 Å². The molecule has 0 saturated carbocycles. The summed E-state index contributed by atoms with van der Waals surface area (Å²) < 4.78 is 0. The molecule has 0 bridgehead atoms. The molecule has 2 aliphatic rings. The van der Waals surface area contributed by atoms with E-state index in [0.717, 1.165) is 37.2 Å². The Bertz CT molecular complexity index is 790. The van der Waals surface area contributed by atoms with Crippen molar-refractivity contribution in [1.82, 2.24) is 10.2 Å². The van der Waals surface area contributed by atoms with Gasteiger partial charge in [0.1, 0.15) is 6.04 Å². The molecule has 0 aromatic heterocycles. The Morgan fingerprint density at radius 1 is 1.29 bits per heavy atom. The highest BCUT2D eigenvalue weighted by Gasteiger charge is 2.40. The number of nitrogens with zero attached hydrogens (tertiary/aromatic N) is 2. The number of fused-ring (bicyclic) bond motifs is 1. The van der Waals surface area contributed by atoms with Crippen LogP contribution in [0.5, 0.6) is 0 Å². The lowest BCUT2D eigenvalue weighted by Gasteiger charge is -2.30. The summed E-state index contributed by atoms with van der Waals surface area (Å²) in [6, 6.07) is 5.16. The van der Waals surface area contributed by atoms with Gasteiger partial charge in [-0.2, -0.15) is 0 Å². The van der Waals surface area contributed by atoms with E-state index in [-0.39, 0.29) is 24.1 Å². The maximum atomic E-state index is 13.0. The highest BCUT2D eigenvalue weighted by Crippen LogP contribution is 2.34. The van der Waals surface area contributed by atoms with Crippen LogP contribution in [0.4, 0.5) is 5.69 Å². The molecule has 0 radical (unpaired) electrons. The van der Waals surface area contributed by atoms with Gasteiger partial charge < -0.3 is 15.5 Å². The molecule has 3 N–H and O–H groups in total. The van der Waals surface area contributed by atoms with Gasteiger partial charge in [-0.3, -0.25) is 19.7 Å². The molecule has 2 heterocycles. The molecule has 1 aromatic rings. The molecule has 150 valence electrons. The van der Waals surface area contributed by atoms with Crippen LogP contribution in [0.3, 0.4) is 0 Å². The van der Waals surface area contributed by atoms with Crippen LogP contribution >= 0.6 is 0 Å². The molecule has 1 aromatic carbocycles. The number of imide groups is 1. The number of carbonyl (C=O) groups excluding carboxylic acids is 3. The van der Waals surface area contributed by atoms with Crippen molar-refractivity contribution >= 4 is 23.4 Å². The Kier molecular flexibility index (Phi) is 6.46. The Balaban J connectivity index is 1.86. The van der Waals surface area contributed by atoms with Crippen molar-refractivity contribution < 1.29 is 14.4 Å². The molecule has 1 unspecified atom stereocenters. The zero-order valence-electron chi connectivity index (χ0n) is 16.3. The molecule has 0 aliphatic carbocycles. The number of piperidine rings is 1. The molecule has 2 aliphatic heterocycles. The zero-order valence-corrected chi connectivity index (χ0v) is 16.3. The lowest BCUT2D eigenvalue weighted by atomic mass is 10.0. The Labute approximate surface area is 165 Å². The minimum Gasteiger partial charge on any atom is -0.368 e. The lowest BCUT2D eigenvalue weighted by Crippen LogP contribution is -2.52. The van der Waals surface area contributed by atoms with Gasteiger partial charge in [-0.1, -0.05) is 31.6 Å². The first-order chi connectivity index (χ1) is 13.6. The fourth-order valence-corrected chi connectivity index (χ4v) is 3.82. The summed E-state index contributed by atoms with van der Waals surface area (Å²) in [5.41, 5.74) is 8.19. The van der Waals surface area contributed by atoms with E-state index in [4.69, 9.17) is 5.73 Å². The molecule has 7 heteroatoms. The summed E-state index contributed by atoms with van der Waals surface area (Å²) in [5.74, 6) is -0.796. The number of anilines is 1. The van der Waals surface area contributed by atoms with Crippen LogP contribution in [0.15, 0.2) is 30.4 Å². The molecule has 1 atom stereocenters. The smallest absolute Gasteiger partial charge is 0.255 e. The molecule has 28 heavy (non-hydrogen) atoms. The van der Waals surface area contributed by atoms with Crippen LogP contribution < -0.4 is 16.0 Å². The molecule has 3 amide bonds. The predicted molar refractivity (Wildman–Crippen MR) is 108 cm³/mol. The van der Waals surface area contributed by atoms with E-state index in [9.17, 15) is 14.4 Å². The topological polar surface area (TPSA) is 95.7 Å². The molecular formula is C21H28N4O3. The highest BCUT2D eigenvalue weighted by atomic mass is 16.2. The molecule has 1 saturated heterocycles. The van der Waals surface area contributed by atoms with Crippen molar-refractivity contribution in [2.24, 2.45) is 5.73 Å². The fourth-order valence-electron chi connectivity index (χ4n) is 3.82. The number of unbranched alkanes of at least 4 members (excludes halogenated alkanes) is 1. The van der Waals surface area contributed by atoms with Crippen molar-refractivity contribution in [1.29, 1.82) is 0 Å². The van der Waals surface area contributed by atoms with E-state index < -0.39 is 6.04 Å². The molecule has 0 spiro atoms. The van der Waals surface area contributed by atoms with Crippen LogP contribution in [0.25, 0.3) is 0 Å². The Hall–Kier alpha value is -2.67. The Morgan fingerprint density at radius 2 is 2.11 bits per heavy atom. The predicted octanol–water partition coefficient (Wildman–Crippen LogP) is 1.57. The first-order valence-electron chi connectivity index (χ1n) is 9.93. The highest BCUT2D eigenvalue weighted by molar-refractivity contribution is 6.06. The quantitative estimate of drug-likeness (QED) is 0.524. The number of nitrogens with two attached hydrogens (primary N) is 1. The zero-order chi connectivity index (χ0) is 20.1. The molecule has 7 nitrogen and oxygen atoms in total. The maximum absolute atomic E-state index is 13.0. The fraction of sp³-hybridized carbons (Fsp3) is 0.476. The number of amides is 3. The molecule has 1 fully saturated rings. The third-order valence-electron chi connectivity index (χ3n) is 5.31. The van der Waals surface area contributed by atoms with Gasteiger partial charge in [0.15, 0.2) is 0 Å². The lowest BCUT2D eigenvalue weighted by molar-refractivity contribution is -0.136. The standard InChI is InChI=1S/C21H28N4O3/c1-2-3-12-24(13-5-4-11-22)17-8-6-7-15-16(17)14-25(21(15)28)18-9-10-19(26)23-20(18)27/h4-8,18H,2-3,9-14,22H2,1H3,(H,23,26,27)/b5-4-. The summed E-state index contributed by atoms with van der Waals surface area (Å²) in [4.78, 5) is 40.6. The van der Waals surface area contributed by atoms with Gasteiger partial charge >= 0.3 is 0 Å². The van der Waals surface area contributed by atoms with Gasteiger partial charge in [0.05, 0.1) is 0 Å². The van der Waals surface area contributed by atoms with E-state index >= 15 is 0 Å². The third-order valence-corrected chi connectivity index (χ3v) is 5.31. The maximum Gasteiger partial charge on any atom is 0.255 e.